The zero-order chi connectivity index (χ0) is 12.2. The second kappa shape index (κ2) is 5.65. The molecule has 0 aromatic heterocycles. The van der Waals surface area contributed by atoms with Crippen LogP contribution in [0.1, 0.15) is 11.1 Å². The normalized spacial score (nSPS) is 11.8. The summed E-state index contributed by atoms with van der Waals surface area (Å²) in [5.74, 6) is 0. The lowest BCUT2D eigenvalue weighted by Crippen LogP contribution is -2.22. The van der Waals surface area contributed by atoms with Crippen molar-refractivity contribution >= 4 is 15.9 Å². The van der Waals surface area contributed by atoms with Crippen LogP contribution in [-0.2, 0) is 12.7 Å². The van der Waals surface area contributed by atoms with Crippen LogP contribution >= 0.6 is 15.9 Å². The van der Waals surface area contributed by atoms with E-state index in [9.17, 15) is 13.2 Å². The van der Waals surface area contributed by atoms with E-state index >= 15 is 0 Å². The van der Waals surface area contributed by atoms with Gasteiger partial charge in [-0.05, 0) is 23.8 Å². The first-order valence-corrected chi connectivity index (χ1v) is 5.51. The van der Waals surface area contributed by atoms with Gasteiger partial charge in [0.05, 0.1) is 5.56 Å². The van der Waals surface area contributed by atoms with Crippen molar-refractivity contribution in [3.05, 3.63) is 33.8 Å². The lowest BCUT2D eigenvalue weighted by Gasteiger charge is -2.11. The Bertz CT molecular complexity index is 352. The second-order valence-electron chi connectivity index (χ2n) is 3.27. The van der Waals surface area contributed by atoms with Gasteiger partial charge in [0, 0.05) is 24.1 Å². The predicted molar refractivity (Wildman–Crippen MR) is 59.9 cm³/mol. The first kappa shape index (κ1) is 13.5. The summed E-state index contributed by atoms with van der Waals surface area (Å²) in [6.07, 6.45) is -4.30. The van der Waals surface area contributed by atoms with Crippen LogP contribution in [0.5, 0.6) is 0 Å². The van der Waals surface area contributed by atoms with E-state index in [-0.39, 0.29) is 0 Å². The average Bonchev–Trinajstić information content (AvgIpc) is 2.19. The fraction of sp³-hybridized carbons (Fsp3) is 0.400. The van der Waals surface area contributed by atoms with Gasteiger partial charge in [-0.2, -0.15) is 13.2 Å². The van der Waals surface area contributed by atoms with Crippen LogP contribution < -0.4 is 11.1 Å². The van der Waals surface area contributed by atoms with E-state index in [1.54, 1.807) is 0 Å². The lowest BCUT2D eigenvalue weighted by atomic mass is 10.1. The smallest absolute Gasteiger partial charge is 0.329 e. The maximum Gasteiger partial charge on any atom is 0.416 e. The third-order valence-corrected chi connectivity index (χ3v) is 2.78. The van der Waals surface area contributed by atoms with Crippen molar-refractivity contribution in [3.63, 3.8) is 0 Å². The van der Waals surface area contributed by atoms with Gasteiger partial charge < -0.3 is 11.1 Å². The van der Waals surface area contributed by atoms with Crippen molar-refractivity contribution in [2.24, 2.45) is 5.73 Å². The summed E-state index contributed by atoms with van der Waals surface area (Å²) in [6.45, 7) is 1.39. The summed E-state index contributed by atoms with van der Waals surface area (Å²) < 4.78 is 38.0. The van der Waals surface area contributed by atoms with E-state index in [1.165, 1.54) is 6.07 Å². The Morgan fingerprint density at radius 1 is 1.31 bits per heavy atom. The van der Waals surface area contributed by atoms with Crippen LogP contribution in [-0.4, -0.2) is 13.1 Å². The maximum absolute atomic E-state index is 12.4. The Labute approximate surface area is 100 Å². The van der Waals surface area contributed by atoms with Crippen LogP contribution in [0, 0.1) is 0 Å². The quantitative estimate of drug-likeness (QED) is 0.838. The molecule has 0 radical (unpaired) electrons. The molecule has 6 heteroatoms. The molecule has 0 fully saturated rings. The van der Waals surface area contributed by atoms with E-state index in [1.807, 2.05) is 0 Å². The molecule has 90 valence electrons. The fourth-order valence-corrected chi connectivity index (χ4v) is 1.60. The molecule has 0 aliphatic carbocycles. The Hall–Kier alpha value is -0.590. The highest BCUT2D eigenvalue weighted by Crippen LogP contribution is 2.31. The minimum absolute atomic E-state index is 0.363. The van der Waals surface area contributed by atoms with Gasteiger partial charge in [0.1, 0.15) is 0 Å². The Morgan fingerprint density at radius 2 is 2.00 bits per heavy atom. The summed E-state index contributed by atoms with van der Waals surface area (Å²) >= 11 is 3.21. The number of halogens is 4. The number of rotatable bonds is 4. The molecular formula is C10H12BrF3N2. The van der Waals surface area contributed by atoms with E-state index in [0.717, 1.165) is 12.1 Å². The van der Waals surface area contributed by atoms with Crippen molar-refractivity contribution in [1.82, 2.24) is 5.32 Å². The summed E-state index contributed by atoms with van der Waals surface area (Å²) in [6, 6.07) is 3.59. The summed E-state index contributed by atoms with van der Waals surface area (Å²) in [5.41, 5.74) is 5.21. The Morgan fingerprint density at radius 3 is 2.56 bits per heavy atom. The standard InChI is InChI=1S/C10H12BrF3N2/c11-9-2-1-8(10(12,13)14)5-7(9)6-16-4-3-15/h1-2,5,16H,3-4,6,15H2. The van der Waals surface area contributed by atoms with Gasteiger partial charge in [-0.1, -0.05) is 15.9 Å². The van der Waals surface area contributed by atoms with Crippen LogP contribution in [0.15, 0.2) is 22.7 Å². The van der Waals surface area contributed by atoms with Gasteiger partial charge in [-0.25, -0.2) is 0 Å². The predicted octanol–water partition coefficient (Wildman–Crippen LogP) is 2.52. The first-order valence-electron chi connectivity index (χ1n) is 4.71. The molecule has 0 aliphatic heterocycles. The van der Waals surface area contributed by atoms with Crippen molar-refractivity contribution in [1.29, 1.82) is 0 Å². The molecule has 0 heterocycles. The molecule has 3 N–H and O–H groups in total. The largest absolute Gasteiger partial charge is 0.416 e. The lowest BCUT2D eigenvalue weighted by molar-refractivity contribution is -0.137. The topological polar surface area (TPSA) is 38.0 Å². The SMILES string of the molecule is NCCNCc1cc(C(F)(F)F)ccc1Br. The van der Waals surface area contributed by atoms with Crippen molar-refractivity contribution in [3.8, 4) is 0 Å². The molecule has 0 amide bonds. The maximum atomic E-state index is 12.4. The van der Waals surface area contributed by atoms with Crippen LogP contribution in [0.25, 0.3) is 0 Å². The zero-order valence-electron chi connectivity index (χ0n) is 8.44. The fourth-order valence-electron chi connectivity index (χ4n) is 1.21. The van der Waals surface area contributed by atoms with Crippen LogP contribution in [0.3, 0.4) is 0 Å². The van der Waals surface area contributed by atoms with Crippen molar-refractivity contribution in [2.45, 2.75) is 12.7 Å². The number of hydrogen-bond acceptors (Lipinski definition) is 2. The number of alkyl halides is 3. The minimum atomic E-state index is -4.30. The molecule has 0 saturated carbocycles. The first-order chi connectivity index (χ1) is 7.45. The van der Waals surface area contributed by atoms with E-state index < -0.39 is 11.7 Å². The molecule has 0 atom stereocenters. The molecule has 1 aromatic carbocycles. The number of nitrogens with one attached hydrogen (secondary N) is 1. The zero-order valence-corrected chi connectivity index (χ0v) is 10.0. The molecule has 0 unspecified atom stereocenters. The number of nitrogens with two attached hydrogens (primary N) is 1. The molecule has 1 aromatic rings. The molecule has 1 rings (SSSR count). The molecule has 0 bridgehead atoms. The Kier molecular flexibility index (Phi) is 4.76. The molecule has 2 nitrogen and oxygen atoms in total. The van der Waals surface area contributed by atoms with Crippen molar-refractivity contribution in [2.75, 3.05) is 13.1 Å². The number of benzene rings is 1. The van der Waals surface area contributed by atoms with Gasteiger partial charge in [-0.3, -0.25) is 0 Å². The second-order valence-corrected chi connectivity index (χ2v) is 4.12. The molecule has 0 spiro atoms. The van der Waals surface area contributed by atoms with Gasteiger partial charge in [0.25, 0.3) is 0 Å². The molecular weight excluding hydrogens is 285 g/mol. The highest BCUT2D eigenvalue weighted by Gasteiger charge is 2.30. The third kappa shape index (κ3) is 3.77. The van der Waals surface area contributed by atoms with E-state index in [2.05, 4.69) is 21.2 Å². The Balaban J connectivity index is 2.83. The number of hydrogen-bond donors (Lipinski definition) is 2. The van der Waals surface area contributed by atoms with Crippen LogP contribution in [0.4, 0.5) is 13.2 Å². The monoisotopic (exact) mass is 296 g/mol. The van der Waals surface area contributed by atoms with Crippen molar-refractivity contribution < 1.29 is 13.2 Å². The van der Waals surface area contributed by atoms with E-state index in [4.69, 9.17) is 5.73 Å². The molecule has 0 saturated heterocycles. The van der Waals surface area contributed by atoms with Gasteiger partial charge in [-0.15, -0.1) is 0 Å². The highest BCUT2D eigenvalue weighted by molar-refractivity contribution is 9.10. The summed E-state index contributed by atoms with van der Waals surface area (Å²) in [4.78, 5) is 0. The third-order valence-electron chi connectivity index (χ3n) is 2.01. The highest BCUT2D eigenvalue weighted by atomic mass is 79.9. The van der Waals surface area contributed by atoms with E-state index in [0.29, 0.717) is 29.7 Å². The molecule has 0 aliphatic rings. The molecule has 16 heavy (non-hydrogen) atoms. The van der Waals surface area contributed by atoms with Gasteiger partial charge in [0.15, 0.2) is 0 Å². The summed E-state index contributed by atoms with van der Waals surface area (Å²) in [5, 5.41) is 2.95. The van der Waals surface area contributed by atoms with Gasteiger partial charge in [0.2, 0.25) is 0 Å². The summed E-state index contributed by atoms with van der Waals surface area (Å²) in [7, 11) is 0. The van der Waals surface area contributed by atoms with Gasteiger partial charge >= 0.3 is 6.18 Å². The minimum Gasteiger partial charge on any atom is -0.329 e. The average molecular weight is 297 g/mol. The van der Waals surface area contributed by atoms with Crippen LogP contribution in [0.2, 0.25) is 0 Å².